The molecule has 0 saturated heterocycles. The summed E-state index contributed by atoms with van der Waals surface area (Å²) >= 11 is 0. The summed E-state index contributed by atoms with van der Waals surface area (Å²) in [6.07, 6.45) is -0.161. The van der Waals surface area contributed by atoms with Crippen LogP contribution in [-0.4, -0.2) is 5.91 Å². The predicted molar refractivity (Wildman–Crippen MR) is 74.9 cm³/mol. The summed E-state index contributed by atoms with van der Waals surface area (Å²) in [5, 5.41) is 0. The van der Waals surface area contributed by atoms with Crippen molar-refractivity contribution in [1.29, 1.82) is 0 Å². The molecule has 98 valence electrons. The Morgan fingerprint density at radius 3 is 2.42 bits per heavy atom. The van der Waals surface area contributed by atoms with E-state index in [4.69, 9.17) is 16.2 Å². The maximum Gasteiger partial charge on any atom is 0.250 e. The number of ether oxygens (including phenoxy) is 1. The first-order valence-corrected chi connectivity index (χ1v) is 5.99. The first-order valence-electron chi connectivity index (χ1n) is 5.99. The molecule has 0 radical (unpaired) electrons. The Morgan fingerprint density at radius 2 is 1.79 bits per heavy atom. The first kappa shape index (κ1) is 13.0. The number of amides is 1. The van der Waals surface area contributed by atoms with Crippen molar-refractivity contribution in [2.75, 3.05) is 5.73 Å². The van der Waals surface area contributed by atoms with E-state index in [9.17, 15) is 4.79 Å². The van der Waals surface area contributed by atoms with E-state index >= 15 is 0 Å². The number of hydrogen-bond donors (Lipinski definition) is 2. The Balaban J connectivity index is 2.25. The SMILES string of the molecule is CC(Oc1cccc(C(N)=O)c1N)c1ccccc1. The van der Waals surface area contributed by atoms with Gasteiger partial charge in [-0.05, 0) is 24.6 Å². The number of primary amides is 1. The summed E-state index contributed by atoms with van der Waals surface area (Å²) in [6.45, 7) is 1.92. The Bertz CT molecular complexity index is 582. The fourth-order valence-electron chi connectivity index (χ4n) is 1.84. The van der Waals surface area contributed by atoms with Gasteiger partial charge in [-0.15, -0.1) is 0 Å². The summed E-state index contributed by atoms with van der Waals surface area (Å²) in [5.74, 6) is -0.0945. The highest BCUT2D eigenvalue weighted by molar-refractivity contribution is 5.99. The molecular weight excluding hydrogens is 240 g/mol. The maximum absolute atomic E-state index is 11.2. The van der Waals surface area contributed by atoms with Gasteiger partial charge >= 0.3 is 0 Å². The molecule has 1 unspecified atom stereocenters. The minimum absolute atomic E-state index is 0.161. The molecule has 0 aromatic heterocycles. The lowest BCUT2D eigenvalue weighted by Gasteiger charge is -2.17. The molecule has 0 saturated carbocycles. The Morgan fingerprint density at radius 1 is 1.11 bits per heavy atom. The van der Waals surface area contributed by atoms with Crippen molar-refractivity contribution in [3.8, 4) is 5.75 Å². The average Bonchev–Trinajstić information content (AvgIpc) is 2.41. The predicted octanol–water partition coefficient (Wildman–Crippen LogP) is 2.51. The van der Waals surface area contributed by atoms with Crippen LogP contribution in [0.3, 0.4) is 0 Å². The molecule has 1 amide bonds. The third-order valence-corrected chi connectivity index (χ3v) is 2.90. The summed E-state index contributed by atoms with van der Waals surface area (Å²) < 4.78 is 5.79. The van der Waals surface area contributed by atoms with Crippen LogP contribution in [0.25, 0.3) is 0 Å². The van der Waals surface area contributed by atoms with E-state index in [1.165, 1.54) is 0 Å². The molecule has 2 rings (SSSR count). The lowest BCUT2D eigenvalue weighted by molar-refractivity contribution is 0.100. The number of carbonyl (C=O) groups is 1. The zero-order valence-corrected chi connectivity index (χ0v) is 10.7. The van der Waals surface area contributed by atoms with Crippen LogP contribution < -0.4 is 16.2 Å². The van der Waals surface area contributed by atoms with Gasteiger partial charge in [0.15, 0.2) is 0 Å². The standard InChI is InChI=1S/C15H16N2O2/c1-10(11-6-3-2-4-7-11)19-13-9-5-8-12(14(13)16)15(17)18/h2-10H,16H2,1H3,(H2,17,18). The van der Waals surface area contributed by atoms with Crippen molar-refractivity contribution in [2.45, 2.75) is 13.0 Å². The van der Waals surface area contributed by atoms with E-state index < -0.39 is 5.91 Å². The van der Waals surface area contributed by atoms with Crippen molar-refractivity contribution in [1.82, 2.24) is 0 Å². The van der Waals surface area contributed by atoms with Crippen molar-refractivity contribution in [2.24, 2.45) is 5.73 Å². The van der Waals surface area contributed by atoms with Gasteiger partial charge in [0.1, 0.15) is 11.9 Å². The highest BCUT2D eigenvalue weighted by Crippen LogP contribution is 2.29. The Labute approximate surface area is 112 Å². The van der Waals surface area contributed by atoms with Crippen LogP contribution in [0.4, 0.5) is 5.69 Å². The van der Waals surface area contributed by atoms with Gasteiger partial charge in [0.25, 0.3) is 5.91 Å². The summed E-state index contributed by atoms with van der Waals surface area (Å²) in [6, 6.07) is 14.8. The van der Waals surface area contributed by atoms with Crippen LogP contribution in [0, 0.1) is 0 Å². The summed E-state index contributed by atoms with van der Waals surface area (Å²) in [7, 11) is 0. The maximum atomic E-state index is 11.2. The van der Waals surface area contributed by atoms with Gasteiger partial charge < -0.3 is 16.2 Å². The van der Waals surface area contributed by atoms with Gasteiger partial charge in [-0.25, -0.2) is 0 Å². The Kier molecular flexibility index (Phi) is 3.71. The Hall–Kier alpha value is -2.49. The second kappa shape index (κ2) is 5.44. The summed E-state index contributed by atoms with van der Waals surface area (Å²) in [4.78, 5) is 11.2. The number of para-hydroxylation sites is 1. The molecule has 0 aliphatic rings. The van der Waals surface area contributed by atoms with Gasteiger partial charge in [-0.1, -0.05) is 36.4 Å². The van der Waals surface area contributed by atoms with Crippen LogP contribution in [0.5, 0.6) is 5.75 Å². The largest absolute Gasteiger partial charge is 0.484 e. The number of benzene rings is 2. The topological polar surface area (TPSA) is 78.3 Å². The van der Waals surface area contributed by atoms with E-state index in [1.807, 2.05) is 37.3 Å². The number of anilines is 1. The monoisotopic (exact) mass is 256 g/mol. The molecule has 4 heteroatoms. The van der Waals surface area contributed by atoms with E-state index in [0.29, 0.717) is 5.75 Å². The lowest BCUT2D eigenvalue weighted by atomic mass is 10.1. The molecule has 4 N–H and O–H groups in total. The molecule has 1 atom stereocenters. The molecule has 0 fully saturated rings. The third kappa shape index (κ3) is 2.85. The van der Waals surface area contributed by atoms with Crippen LogP contribution >= 0.6 is 0 Å². The minimum atomic E-state index is -0.560. The van der Waals surface area contributed by atoms with Crippen molar-refractivity contribution >= 4 is 11.6 Å². The molecule has 2 aromatic rings. The second-order valence-corrected chi connectivity index (χ2v) is 4.25. The van der Waals surface area contributed by atoms with Crippen LogP contribution in [0.1, 0.15) is 28.9 Å². The molecule has 0 aliphatic heterocycles. The molecule has 2 aromatic carbocycles. The van der Waals surface area contributed by atoms with Gasteiger partial charge in [-0.2, -0.15) is 0 Å². The summed E-state index contributed by atoms with van der Waals surface area (Å²) in [5.41, 5.74) is 12.7. The zero-order chi connectivity index (χ0) is 13.8. The third-order valence-electron chi connectivity index (χ3n) is 2.90. The van der Waals surface area contributed by atoms with Crippen molar-refractivity contribution in [3.63, 3.8) is 0 Å². The lowest BCUT2D eigenvalue weighted by Crippen LogP contribution is -2.14. The first-order chi connectivity index (χ1) is 9.09. The zero-order valence-electron chi connectivity index (χ0n) is 10.7. The highest BCUT2D eigenvalue weighted by Gasteiger charge is 2.13. The van der Waals surface area contributed by atoms with Crippen molar-refractivity contribution in [3.05, 3.63) is 59.7 Å². The fourth-order valence-corrected chi connectivity index (χ4v) is 1.84. The molecule has 0 bridgehead atoms. The molecule has 19 heavy (non-hydrogen) atoms. The molecular formula is C15H16N2O2. The number of nitrogen functional groups attached to an aromatic ring is 1. The number of rotatable bonds is 4. The highest BCUT2D eigenvalue weighted by atomic mass is 16.5. The smallest absolute Gasteiger partial charge is 0.250 e. The van der Waals surface area contributed by atoms with E-state index in [1.54, 1.807) is 18.2 Å². The molecule has 0 spiro atoms. The quantitative estimate of drug-likeness (QED) is 0.825. The van der Waals surface area contributed by atoms with Gasteiger partial charge in [0, 0.05) is 0 Å². The van der Waals surface area contributed by atoms with E-state index in [-0.39, 0.29) is 17.4 Å². The van der Waals surface area contributed by atoms with E-state index in [2.05, 4.69) is 0 Å². The van der Waals surface area contributed by atoms with Crippen LogP contribution in [-0.2, 0) is 0 Å². The van der Waals surface area contributed by atoms with Gasteiger partial charge in [-0.3, -0.25) is 4.79 Å². The average molecular weight is 256 g/mol. The number of hydrogen-bond acceptors (Lipinski definition) is 3. The molecule has 0 heterocycles. The van der Waals surface area contributed by atoms with Gasteiger partial charge in [0.05, 0.1) is 11.3 Å². The minimum Gasteiger partial charge on any atom is -0.484 e. The normalized spacial score (nSPS) is 11.8. The van der Waals surface area contributed by atoms with E-state index in [0.717, 1.165) is 5.56 Å². The van der Waals surface area contributed by atoms with Crippen LogP contribution in [0.15, 0.2) is 48.5 Å². The van der Waals surface area contributed by atoms with Gasteiger partial charge in [0.2, 0.25) is 0 Å². The molecule has 0 aliphatic carbocycles. The number of carbonyl (C=O) groups excluding carboxylic acids is 1. The fraction of sp³-hybridized carbons (Fsp3) is 0.133. The van der Waals surface area contributed by atoms with Crippen LogP contribution in [0.2, 0.25) is 0 Å². The second-order valence-electron chi connectivity index (χ2n) is 4.25. The van der Waals surface area contributed by atoms with Crippen molar-refractivity contribution < 1.29 is 9.53 Å². The number of nitrogens with two attached hydrogens (primary N) is 2. The molecule has 4 nitrogen and oxygen atoms in total.